The SMILES string of the molecule is CC(C)Cc1ccnc(C(C)(C)CN)n1. The second-order valence-electron chi connectivity index (χ2n) is 5.06. The molecule has 2 N–H and O–H groups in total. The molecule has 1 aromatic heterocycles. The molecule has 0 radical (unpaired) electrons. The van der Waals surface area contributed by atoms with Crippen LogP contribution in [0.1, 0.15) is 39.2 Å². The first kappa shape index (κ1) is 12.1. The Morgan fingerprint density at radius 2 is 2.07 bits per heavy atom. The minimum Gasteiger partial charge on any atom is -0.329 e. The van der Waals surface area contributed by atoms with Crippen molar-refractivity contribution in [3.8, 4) is 0 Å². The minimum absolute atomic E-state index is 0.132. The highest BCUT2D eigenvalue weighted by Crippen LogP contribution is 2.17. The smallest absolute Gasteiger partial charge is 0.135 e. The average molecular weight is 207 g/mol. The van der Waals surface area contributed by atoms with Crippen molar-refractivity contribution >= 4 is 0 Å². The third-order valence-electron chi connectivity index (χ3n) is 2.45. The Labute approximate surface area is 92.1 Å². The van der Waals surface area contributed by atoms with Gasteiger partial charge < -0.3 is 5.73 Å². The van der Waals surface area contributed by atoms with Crippen LogP contribution in [-0.2, 0) is 11.8 Å². The first-order valence-corrected chi connectivity index (χ1v) is 5.48. The van der Waals surface area contributed by atoms with Gasteiger partial charge in [0.25, 0.3) is 0 Å². The van der Waals surface area contributed by atoms with Crippen LogP contribution in [0.3, 0.4) is 0 Å². The van der Waals surface area contributed by atoms with Crippen molar-refractivity contribution in [2.24, 2.45) is 11.7 Å². The molecule has 0 fully saturated rings. The van der Waals surface area contributed by atoms with Gasteiger partial charge in [-0.25, -0.2) is 9.97 Å². The second-order valence-corrected chi connectivity index (χ2v) is 5.06. The zero-order valence-electron chi connectivity index (χ0n) is 10.1. The Bertz CT molecular complexity index is 318. The van der Waals surface area contributed by atoms with E-state index in [2.05, 4.69) is 37.7 Å². The molecule has 0 amide bonds. The van der Waals surface area contributed by atoms with Gasteiger partial charge in [-0.1, -0.05) is 27.7 Å². The van der Waals surface area contributed by atoms with Gasteiger partial charge in [-0.15, -0.1) is 0 Å². The fraction of sp³-hybridized carbons (Fsp3) is 0.667. The van der Waals surface area contributed by atoms with E-state index in [0.717, 1.165) is 17.9 Å². The van der Waals surface area contributed by atoms with Crippen molar-refractivity contribution in [2.75, 3.05) is 6.54 Å². The van der Waals surface area contributed by atoms with Gasteiger partial charge >= 0.3 is 0 Å². The molecule has 0 spiro atoms. The molecular formula is C12H21N3. The normalized spacial score (nSPS) is 12.1. The number of hydrogen-bond acceptors (Lipinski definition) is 3. The van der Waals surface area contributed by atoms with Crippen molar-refractivity contribution in [2.45, 2.75) is 39.5 Å². The number of aromatic nitrogens is 2. The predicted octanol–water partition coefficient (Wildman–Crippen LogP) is 1.91. The molecular weight excluding hydrogens is 186 g/mol. The Hall–Kier alpha value is -0.960. The van der Waals surface area contributed by atoms with Gasteiger partial charge in [-0.05, 0) is 18.4 Å². The highest BCUT2D eigenvalue weighted by molar-refractivity contribution is 5.10. The molecule has 84 valence electrons. The standard InChI is InChI=1S/C12H21N3/c1-9(2)7-10-5-6-14-11(15-10)12(3,4)8-13/h5-6,9H,7-8,13H2,1-4H3. The minimum atomic E-state index is -0.132. The van der Waals surface area contributed by atoms with Crippen LogP contribution in [0.5, 0.6) is 0 Å². The van der Waals surface area contributed by atoms with Gasteiger partial charge in [0.05, 0.1) is 0 Å². The summed E-state index contributed by atoms with van der Waals surface area (Å²) in [7, 11) is 0. The highest BCUT2D eigenvalue weighted by atomic mass is 14.9. The van der Waals surface area contributed by atoms with Crippen molar-refractivity contribution in [3.05, 3.63) is 23.8 Å². The van der Waals surface area contributed by atoms with Crippen molar-refractivity contribution in [1.29, 1.82) is 0 Å². The number of nitrogens with two attached hydrogens (primary N) is 1. The summed E-state index contributed by atoms with van der Waals surface area (Å²) in [4.78, 5) is 8.86. The van der Waals surface area contributed by atoms with E-state index in [1.54, 1.807) is 0 Å². The number of rotatable bonds is 4. The van der Waals surface area contributed by atoms with Crippen LogP contribution >= 0.6 is 0 Å². The Balaban J connectivity index is 2.92. The lowest BCUT2D eigenvalue weighted by molar-refractivity contribution is 0.496. The van der Waals surface area contributed by atoms with Crippen molar-refractivity contribution in [3.63, 3.8) is 0 Å². The number of nitrogens with zero attached hydrogens (tertiary/aromatic N) is 2. The molecule has 1 rings (SSSR count). The van der Waals surface area contributed by atoms with Gasteiger partial charge in [0, 0.05) is 23.9 Å². The fourth-order valence-electron chi connectivity index (χ4n) is 1.35. The molecule has 1 heterocycles. The zero-order valence-corrected chi connectivity index (χ0v) is 10.1. The quantitative estimate of drug-likeness (QED) is 0.820. The summed E-state index contributed by atoms with van der Waals surface area (Å²) in [6.45, 7) is 9.09. The van der Waals surface area contributed by atoms with E-state index in [9.17, 15) is 0 Å². The maximum Gasteiger partial charge on any atom is 0.135 e. The molecule has 15 heavy (non-hydrogen) atoms. The van der Waals surface area contributed by atoms with E-state index in [-0.39, 0.29) is 5.41 Å². The fourth-order valence-corrected chi connectivity index (χ4v) is 1.35. The molecule has 3 heteroatoms. The van der Waals surface area contributed by atoms with E-state index in [1.165, 1.54) is 0 Å². The van der Waals surface area contributed by atoms with E-state index < -0.39 is 0 Å². The molecule has 0 saturated carbocycles. The lowest BCUT2D eigenvalue weighted by Gasteiger charge is -2.20. The van der Waals surface area contributed by atoms with Crippen LogP contribution in [0, 0.1) is 5.92 Å². The predicted molar refractivity (Wildman–Crippen MR) is 62.7 cm³/mol. The molecule has 3 nitrogen and oxygen atoms in total. The molecule has 0 unspecified atom stereocenters. The summed E-state index contributed by atoms with van der Waals surface area (Å²) in [5.74, 6) is 1.47. The maximum atomic E-state index is 5.71. The summed E-state index contributed by atoms with van der Waals surface area (Å²) in [6, 6.07) is 1.98. The summed E-state index contributed by atoms with van der Waals surface area (Å²) in [6.07, 6.45) is 2.83. The van der Waals surface area contributed by atoms with Crippen LogP contribution < -0.4 is 5.73 Å². The molecule has 0 aliphatic carbocycles. The van der Waals surface area contributed by atoms with Gasteiger partial charge in [-0.2, -0.15) is 0 Å². The molecule has 0 aromatic carbocycles. The molecule has 0 atom stereocenters. The zero-order chi connectivity index (χ0) is 11.5. The first-order chi connectivity index (χ1) is 6.95. The summed E-state index contributed by atoms with van der Waals surface area (Å²) in [5, 5.41) is 0. The molecule has 0 aliphatic heterocycles. The van der Waals surface area contributed by atoms with Crippen molar-refractivity contribution < 1.29 is 0 Å². The van der Waals surface area contributed by atoms with E-state index in [0.29, 0.717) is 12.5 Å². The van der Waals surface area contributed by atoms with E-state index >= 15 is 0 Å². The maximum absolute atomic E-state index is 5.71. The van der Waals surface area contributed by atoms with Gasteiger partial charge in [0.1, 0.15) is 5.82 Å². The first-order valence-electron chi connectivity index (χ1n) is 5.48. The van der Waals surface area contributed by atoms with Crippen molar-refractivity contribution in [1.82, 2.24) is 9.97 Å². The van der Waals surface area contributed by atoms with Gasteiger partial charge in [-0.3, -0.25) is 0 Å². The summed E-state index contributed by atoms with van der Waals surface area (Å²) in [5.41, 5.74) is 6.69. The van der Waals surface area contributed by atoms with Crippen LogP contribution in [0.15, 0.2) is 12.3 Å². The second kappa shape index (κ2) is 4.71. The van der Waals surface area contributed by atoms with Gasteiger partial charge in [0.2, 0.25) is 0 Å². The third kappa shape index (κ3) is 3.27. The van der Waals surface area contributed by atoms with Crippen LogP contribution in [0.4, 0.5) is 0 Å². The van der Waals surface area contributed by atoms with Gasteiger partial charge in [0.15, 0.2) is 0 Å². The largest absolute Gasteiger partial charge is 0.329 e. The average Bonchev–Trinajstić information content (AvgIpc) is 2.17. The van der Waals surface area contributed by atoms with Crippen LogP contribution in [0.25, 0.3) is 0 Å². The molecule has 0 aliphatic rings. The van der Waals surface area contributed by atoms with Crippen LogP contribution in [0.2, 0.25) is 0 Å². The van der Waals surface area contributed by atoms with E-state index in [4.69, 9.17) is 5.73 Å². The topological polar surface area (TPSA) is 51.8 Å². The monoisotopic (exact) mass is 207 g/mol. The summed E-state index contributed by atoms with van der Waals surface area (Å²) >= 11 is 0. The Morgan fingerprint density at radius 1 is 1.40 bits per heavy atom. The summed E-state index contributed by atoms with van der Waals surface area (Å²) < 4.78 is 0. The number of hydrogen-bond donors (Lipinski definition) is 1. The third-order valence-corrected chi connectivity index (χ3v) is 2.45. The molecule has 0 saturated heterocycles. The van der Waals surface area contributed by atoms with E-state index in [1.807, 2.05) is 12.3 Å². The Kier molecular flexibility index (Phi) is 3.80. The van der Waals surface area contributed by atoms with Crippen LogP contribution in [-0.4, -0.2) is 16.5 Å². The lowest BCUT2D eigenvalue weighted by Crippen LogP contribution is -2.30. The molecule has 0 bridgehead atoms. The Morgan fingerprint density at radius 3 is 2.60 bits per heavy atom. The highest BCUT2D eigenvalue weighted by Gasteiger charge is 2.22. The molecule has 1 aromatic rings. The lowest BCUT2D eigenvalue weighted by atomic mass is 9.92.